The number of amides is 1. The summed E-state index contributed by atoms with van der Waals surface area (Å²) in [6, 6.07) is 6.01. The molecule has 1 aliphatic carbocycles. The number of ether oxygens (including phenoxy) is 2. The van der Waals surface area contributed by atoms with E-state index in [1.807, 2.05) is 25.2 Å². The normalized spacial score (nSPS) is 22.1. The summed E-state index contributed by atoms with van der Waals surface area (Å²) < 4.78 is 13.2. The fourth-order valence-corrected chi connectivity index (χ4v) is 3.85. The third-order valence-electron chi connectivity index (χ3n) is 5.45. The Hall–Kier alpha value is -2.50. The number of hydrogen-bond donors (Lipinski definition) is 1. The van der Waals surface area contributed by atoms with E-state index in [2.05, 4.69) is 17.3 Å². The topological polar surface area (TPSA) is 65.4 Å². The van der Waals surface area contributed by atoms with Gasteiger partial charge in [-0.05, 0) is 49.8 Å². The van der Waals surface area contributed by atoms with Gasteiger partial charge in [-0.3, -0.25) is 9.48 Å². The van der Waals surface area contributed by atoms with Crippen LogP contribution in [0.15, 0.2) is 24.4 Å². The van der Waals surface area contributed by atoms with Gasteiger partial charge in [0.05, 0.1) is 18.8 Å². The lowest BCUT2D eigenvalue weighted by atomic mass is 9.87. The molecule has 1 amide bonds. The monoisotopic (exact) mass is 369 g/mol. The molecular weight excluding hydrogens is 342 g/mol. The zero-order chi connectivity index (χ0) is 18.8. The molecule has 1 aromatic carbocycles. The number of hydrogen-bond acceptors (Lipinski definition) is 4. The van der Waals surface area contributed by atoms with Crippen LogP contribution in [0.1, 0.15) is 49.4 Å². The van der Waals surface area contributed by atoms with Crippen LogP contribution in [0, 0.1) is 5.92 Å². The maximum atomic E-state index is 12.9. The average molecular weight is 369 g/mol. The van der Waals surface area contributed by atoms with Gasteiger partial charge in [0.25, 0.3) is 5.91 Å². The van der Waals surface area contributed by atoms with Gasteiger partial charge in [-0.1, -0.05) is 6.92 Å². The van der Waals surface area contributed by atoms with Gasteiger partial charge < -0.3 is 14.8 Å². The van der Waals surface area contributed by atoms with Crippen molar-refractivity contribution in [2.75, 3.05) is 13.2 Å². The minimum atomic E-state index is -0.0511. The minimum Gasteiger partial charge on any atom is -0.490 e. The van der Waals surface area contributed by atoms with Crippen molar-refractivity contribution >= 4 is 5.91 Å². The molecule has 2 heterocycles. The summed E-state index contributed by atoms with van der Waals surface area (Å²) in [5.41, 5.74) is 2.14. The Morgan fingerprint density at radius 1 is 1.15 bits per heavy atom. The van der Waals surface area contributed by atoms with E-state index in [0.717, 1.165) is 36.5 Å². The lowest BCUT2D eigenvalue weighted by Gasteiger charge is -2.26. The molecule has 0 bridgehead atoms. The van der Waals surface area contributed by atoms with E-state index in [4.69, 9.17) is 9.47 Å². The third kappa shape index (κ3) is 3.94. The van der Waals surface area contributed by atoms with Crippen LogP contribution in [-0.4, -0.2) is 34.9 Å². The Morgan fingerprint density at radius 2 is 1.89 bits per heavy atom. The van der Waals surface area contributed by atoms with Crippen LogP contribution in [0.3, 0.4) is 0 Å². The van der Waals surface area contributed by atoms with Gasteiger partial charge in [0.2, 0.25) is 0 Å². The van der Waals surface area contributed by atoms with Gasteiger partial charge in [0.1, 0.15) is 5.69 Å². The van der Waals surface area contributed by atoms with E-state index in [1.54, 1.807) is 10.9 Å². The standard InChI is InChI=1S/C21H27N3O3/c1-14-4-7-16(8-5-14)22-21(25)17-13-24(2)23-20(17)15-6-9-18-19(12-15)27-11-3-10-26-18/h6,9,12-14,16H,3-5,7-8,10-11H2,1-2H3,(H,22,25). The first kappa shape index (κ1) is 17.9. The number of rotatable bonds is 3. The zero-order valence-corrected chi connectivity index (χ0v) is 16.0. The van der Waals surface area contributed by atoms with Crippen molar-refractivity contribution in [2.45, 2.75) is 45.1 Å². The lowest BCUT2D eigenvalue weighted by Crippen LogP contribution is -2.37. The van der Waals surface area contributed by atoms with E-state index < -0.39 is 0 Å². The summed E-state index contributed by atoms with van der Waals surface area (Å²) in [6.45, 7) is 3.57. The van der Waals surface area contributed by atoms with E-state index >= 15 is 0 Å². The number of nitrogens with zero attached hydrogens (tertiary/aromatic N) is 2. The second-order valence-electron chi connectivity index (χ2n) is 7.71. The summed E-state index contributed by atoms with van der Waals surface area (Å²) in [4.78, 5) is 12.9. The van der Waals surface area contributed by atoms with Crippen LogP contribution in [0.25, 0.3) is 11.3 Å². The first-order valence-corrected chi connectivity index (χ1v) is 9.84. The minimum absolute atomic E-state index is 0.0511. The third-order valence-corrected chi connectivity index (χ3v) is 5.45. The van der Waals surface area contributed by atoms with E-state index in [-0.39, 0.29) is 11.9 Å². The Balaban J connectivity index is 1.57. The molecule has 2 aliphatic rings. The predicted octanol–water partition coefficient (Wildman–Crippen LogP) is 3.56. The smallest absolute Gasteiger partial charge is 0.255 e. The molecular formula is C21H27N3O3. The molecule has 1 aliphatic heterocycles. The van der Waals surface area contributed by atoms with Crippen LogP contribution >= 0.6 is 0 Å². The van der Waals surface area contributed by atoms with Crippen LogP contribution < -0.4 is 14.8 Å². The van der Waals surface area contributed by atoms with Gasteiger partial charge in [-0.2, -0.15) is 5.10 Å². The number of benzene rings is 1. The van der Waals surface area contributed by atoms with Gasteiger partial charge in [-0.15, -0.1) is 0 Å². The maximum Gasteiger partial charge on any atom is 0.255 e. The Kier molecular flexibility index (Phi) is 5.05. The highest BCUT2D eigenvalue weighted by molar-refractivity contribution is 6.00. The van der Waals surface area contributed by atoms with Crippen LogP contribution in [0.4, 0.5) is 0 Å². The molecule has 0 saturated heterocycles. The number of carbonyl (C=O) groups excluding carboxylic acids is 1. The van der Waals surface area contributed by atoms with Crippen molar-refractivity contribution in [3.05, 3.63) is 30.0 Å². The highest BCUT2D eigenvalue weighted by atomic mass is 16.5. The van der Waals surface area contributed by atoms with Gasteiger partial charge in [0, 0.05) is 31.3 Å². The number of carbonyl (C=O) groups is 1. The van der Waals surface area contributed by atoms with Crippen molar-refractivity contribution in [1.29, 1.82) is 0 Å². The van der Waals surface area contributed by atoms with Crippen molar-refractivity contribution in [2.24, 2.45) is 13.0 Å². The van der Waals surface area contributed by atoms with Gasteiger partial charge in [0.15, 0.2) is 11.5 Å². The molecule has 1 saturated carbocycles. The van der Waals surface area contributed by atoms with E-state index in [9.17, 15) is 4.79 Å². The molecule has 0 atom stereocenters. The zero-order valence-electron chi connectivity index (χ0n) is 16.0. The summed E-state index contributed by atoms with van der Waals surface area (Å²) >= 11 is 0. The van der Waals surface area contributed by atoms with Gasteiger partial charge >= 0.3 is 0 Å². The van der Waals surface area contributed by atoms with Crippen molar-refractivity contribution in [1.82, 2.24) is 15.1 Å². The highest BCUT2D eigenvalue weighted by Gasteiger charge is 2.24. The van der Waals surface area contributed by atoms with Crippen LogP contribution in [0.2, 0.25) is 0 Å². The Bertz CT molecular complexity index is 822. The highest BCUT2D eigenvalue weighted by Crippen LogP contribution is 2.35. The fraction of sp³-hybridized carbons (Fsp3) is 0.524. The predicted molar refractivity (Wildman–Crippen MR) is 103 cm³/mol. The Labute approximate surface area is 159 Å². The van der Waals surface area contributed by atoms with Crippen molar-refractivity contribution in [3.8, 4) is 22.8 Å². The maximum absolute atomic E-state index is 12.9. The second-order valence-corrected chi connectivity index (χ2v) is 7.71. The number of fused-ring (bicyclic) bond motifs is 1. The van der Waals surface area contributed by atoms with E-state index in [0.29, 0.717) is 30.2 Å². The Morgan fingerprint density at radius 3 is 2.67 bits per heavy atom. The van der Waals surface area contributed by atoms with Crippen molar-refractivity contribution in [3.63, 3.8) is 0 Å². The number of aryl methyl sites for hydroxylation is 1. The largest absolute Gasteiger partial charge is 0.490 e. The molecule has 0 spiro atoms. The van der Waals surface area contributed by atoms with E-state index in [1.165, 1.54) is 12.8 Å². The molecule has 1 fully saturated rings. The van der Waals surface area contributed by atoms with Crippen molar-refractivity contribution < 1.29 is 14.3 Å². The fourth-order valence-electron chi connectivity index (χ4n) is 3.85. The molecule has 1 aromatic heterocycles. The molecule has 4 rings (SSSR count). The van der Waals surface area contributed by atoms with Crippen LogP contribution in [0.5, 0.6) is 11.5 Å². The summed E-state index contributed by atoms with van der Waals surface area (Å²) in [5.74, 6) is 2.16. The molecule has 144 valence electrons. The summed E-state index contributed by atoms with van der Waals surface area (Å²) in [7, 11) is 1.84. The van der Waals surface area contributed by atoms with Crippen LogP contribution in [-0.2, 0) is 7.05 Å². The quantitative estimate of drug-likeness (QED) is 0.898. The molecule has 6 heteroatoms. The lowest BCUT2D eigenvalue weighted by molar-refractivity contribution is 0.0923. The molecule has 6 nitrogen and oxygen atoms in total. The SMILES string of the molecule is CC1CCC(NC(=O)c2cn(C)nc2-c2ccc3c(c2)OCCCO3)CC1. The average Bonchev–Trinajstić information content (AvgIpc) is 2.91. The molecule has 2 aromatic rings. The molecule has 27 heavy (non-hydrogen) atoms. The first-order chi connectivity index (χ1) is 13.1. The second kappa shape index (κ2) is 7.62. The number of nitrogens with one attached hydrogen (secondary N) is 1. The molecule has 1 N–H and O–H groups in total. The summed E-state index contributed by atoms with van der Waals surface area (Å²) in [6.07, 6.45) is 7.10. The molecule has 0 unspecified atom stereocenters. The van der Waals surface area contributed by atoms with Gasteiger partial charge in [-0.25, -0.2) is 0 Å². The molecule has 0 radical (unpaired) electrons. The first-order valence-electron chi connectivity index (χ1n) is 9.84. The summed E-state index contributed by atoms with van der Waals surface area (Å²) in [5, 5.41) is 7.74. The number of aromatic nitrogens is 2.